The van der Waals surface area contributed by atoms with E-state index in [9.17, 15) is 4.79 Å². The van der Waals surface area contributed by atoms with Crippen LogP contribution in [0.3, 0.4) is 0 Å². The van der Waals surface area contributed by atoms with Crippen LogP contribution in [0.4, 0.5) is 0 Å². The van der Waals surface area contributed by atoms with Crippen LogP contribution in [0.2, 0.25) is 0 Å². The number of ether oxygens (including phenoxy) is 1. The fraction of sp³-hybridized carbons (Fsp3) is 0.476. The molecule has 144 valence electrons. The largest absolute Gasteiger partial charge is 0.383 e. The molecule has 1 amide bonds. The summed E-state index contributed by atoms with van der Waals surface area (Å²) in [5.74, 6) is 0.127. The number of hydrogen-bond donors (Lipinski definition) is 0. The van der Waals surface area contributed by atoms with Crippen molar-refractivity contribution in [1.82, 2.24) is 18.9 Å². The lowest BCUT2D eigenvalue weighted by molar-refractivity contribution is 0.0750. The summed E-state index contributed by atoms with van der Waals surface area (Å²) in [5, 5.41) is 1.18. The predicted octanol–water partition coefficient (Wildman–Crippen LogP) is 2.56. The van der Waals surface area contributed by atoms with Crippen LogP contribution < -0.4 is 0 Å². The maximum atomic E-state index is 13.4. The van der Waals surface area contributed by atoms with Crippen molar-refractivity contribution >= 4 is 27.8 Å². The average Bonchev–Trinajstić information content (AvgIpc) is 3.08. The molecule has 1 aliphatic heterocycles. The Bertz CT molecular complexity index is 972. The van der Waals surface area contributed by atoms with Crippen LogP contribution in [0.1, 0.15) is 16.9 Å². The molecule has 0 radical (unpaired) electrons. The second kappa shape index (κ2) is 7.37. The second-order valence-electron chi connectivity index (χ2n) is 7.43. The highest BCUT2D eigenvalue weighted by Crippen LogP contribution is 2.31. The number of methoxy groups -OCH3 is 1. The van der Waals surface area contributed by atoms with Gasteiger partial charge in [-0.2, -0.15) is 0 Å². The fourth-order valence-corrected chi connectivity index (χ4v) is 4.17. The number of carbonyl (C=O) groups excluding carboxylic acids is 1. The van der Waals surface area contributed by atoms with Gasteiger partial charge in [0.25, 0.3) is 5.91 Å². The summed E-state index contributed by atoms with van der Waals surface area (Å²) >= 11 is 0. The van der Waals surface area contributed by atoms with Gasteiger partial charge in [-0.15, -0.1) is 0 Å². The van der Waals surface area contributed by atoms with Crippen LogP contribution in [0.25, 0.3) is 21.9 Å². The Morgan fingerprint density at radius 1 is 1.07 bits per heavy atom. The molecule has 0 bridgehead atoms. The van der Waals surface area contributed by atoms with E-state index in [0.29, 0.717) is 13.2 Å². The van der Waals surface area contributed by atoms with E-state index in [2.05, 4.69) is 58.5 Å². The number of amides is 1. The zero-order valence-corrected chi connectivity index (χ0v) is 16.4. The summed E-state index contributed by atoms with van der Waals surface area (Å²) in [4.78, 5) is 17.7. The number of likely N-dealkylation sites (N-methyl/N-ethyl adjacent to an activating group) is 1. The molecule has 4 rings (SSSR count). The third kappa shape index (κ3) is 3.13. The highest BCUT2D eigenvalue weighted by Gasteiger charge is 2.25. The summed E-state index contributed by atoms with van der Waals surface area (Å²) in [5.41, 5.74) is 4.18. The first-order chi connectivity index (χ1) is 13.1. The molecule has 2 aromatic heterocycles. The van der Waals surface area contributed by atoms with Crippen molar-refractivity contribution in [2.24, 2.45) is 7.05 Å². The molecule has 0 unspecified atom stereocenters. The minimum Gasteiger partial charge on any atom is -0.383 e. The Morgan fingerprint density at radius 2 is 1.89 bits per heavy atom. The molecule has 6 nitrogen and oxygen atoms in total. The van der Waals surface area contributed by atoms with Crippen LogP contribution >= 0.6 is 0 Å². The zero-order chi connectivity index (χ0) is 19.0. The molecular formula is C21H28N4O2. The molecule has 0 aliphatic carbocycles. The number of fused-ring (bicyclic) bond motifs is 3. The van der Waals surface area contributed by atoms with Gasteiger partial charge in [0.15, 0.2) is 0 Å². The number of carbonyl (C=O) groups is 1. The summed E-state index contributed by atoms with van der Waals surface area (Å²) in [6, 6.07) is 10.4. The number of aryl methyl sites for hydroxylation is 1. The molecule has 0 spiro atoms. The van der Waals surface area contributed by atoms with E-state index in [1.807, 2.05) is 4.90 Å². The van der Waals surface area contributed by atoms with E-state index >= 15 is 0 Å². The van der Waals surface area contributed by atoms with Crippen molar-refractivity contribution in [2.75, 3.05) is 46.9 Å². The van der Waals surface area contributed by atoms with Gasteiger partial charge >= 0.3 is 0 Å². The van der Waals surface area contributed by atoms with E-state index in [1.54, 1.807) is 7.11 Å². The minimum atomic E-state index is 0.127. The van der Waals surface area contributed by atoms with Gasteiger partial charge in [0, 0.05) is 45.7 Å². The first-order valence-corrected chi connectivity index (χ1v) is 9.65. The van der Waals surface area contributed by atoms with E-state index < -0.39 is 0 Å². The monoisotopic (exact) mass is 368 g/mol. The van der Waals surface area contributed by atoms with Crippen molar-refractivity contribution in [3.8, 4) is 0 Å². The maximum absolute atomic E-state index is 13.4. The number of nitrogens with zero attached hydrogens (tertiary/aromatic N) is 4. The molecule has 0 N–H and O–H groups in total. The standard InChI is InChI=1S/C21H28N4O2/c1-22-9-6-10-24(12-11-22)21(26)19-15-18-20(25(19)13-14-27-3)16-7-4-5-8-17(16)23(18)2/h4-5,7-8,15H,6,9-14H2,1-3H3. The number of para-hydroxylation sites is 1. The highest BCUT2D eigenvalue weighted by molar-refractivity contribution is 6.10. The van der Waals surface area contributed by atoms with Gasteiger partial charge in [-0.25, -0.2) is 0 Å². The van der Waals surface area contributed by atoms with Gasteiger partial charge in [-0.05, 0) is 32.1 Å². The van der Waals surface area contributed by atoms with Crippen molar-refractivity contribution in [3.05, 3.63) is 36.0 Å². The summed E-state index contributed by atoms with van der Waals surface area (Å²) < 4.78 is 9.67. The van der Waals surface area contributed by atoms with Gasteiger partial charge in [0.2, 0.25) is 0 Å². The summed E-state index contributed by atoms with van der Waals surface area (Å²) in [6.07, 6.45) is 1.02. The van der Waals surface area contributed by atoms with Crippen LogP contribution in [0.15, 0.2) is 30.3 Å². The molecule has 3 heterocycles. The van der Waals surface area contributed by atoms with E-state index in [-0.39, 0.29) is 5.91 Å². The Balaban J connectivity index is 1.82. The molecule has 6 heteroatoms. The number of benzene rings is 1. The molecule has 1 saturated heterocycles. The van der Waals surface area contributed by atoms with Gasteiger partial charge in [-0.1, -0.05) is 18.2 Å². The topological polar surface area (TPSA) is 42.6 Å². The Labute approximate surface area is 159 Å². The van der Waals surface area contributed by atoms with Crippen LogP contribution in [-0.2, 0) is 18.3 Å². The quantitative estimate of drug-likeness (QED) is 0.711. The predicted molar refractivity (Wildman–Crippen MR) is 108 cm³/mol. The third-order valence-corrected chi connectivity index (χ3v) is 5.70. The third-order valence-electron chi connectivity index (χ3n) is 5.70. The van der Waals surface area contributed by atoms with Crippen LogP contribution in [-0.4, -0.2) is 71.8 Å². The first kappa shape index (κ1) is 18.1. The maximum Gasteiger partial charge on any atom is 0.270 e. The van der Waals surface area contributed by atoms with Crippen LogP contribution in [0.5, 0.6) is 0 Å². The molecular weight excluding hydrogens is 340 g/mol. The average molecular weight is 368 g/mol. The second-order valence-corrected chi connectivity index (χ2v) is 7.43. The molecule has 3 aromatic rings. The summed E-state index contributed by atoms with van der Waals surface area (Å²) in [6.45, 7) is 4.81. The van der Waals surface area contributed by atoms with Gasteiger partial charge in [-0.3, -0.25) is 4.79 Å². The minimum absolute atomic E-state index is 0.127. The number of rotatable bonds is 4. The van der Waals surface area contributed by atoms with Crippen molar-refractivity contribution < 1.29 is 9.53 Å². The smallest absolute Gasteiger partial charge is 0.270 e. The summed E-state index contributed by atoms with van der Waals surface area (Å²) in [7, 11) is 5.89. The van der Waals surface area contributed by atoms with E-state index in [4.69, 9.17) is 4.74 Å². The lowest BCUT2D eigenvalue weighted by Crippen LogP contribution is -2.35. The number of hydrogen-bond acceptors (Lipinski definition) is 3. The molecule has 1 aromatic carbocycles. The van der Waals surface area contributed by atoms with Gasteiger partial charge < -0.3 is 23.7 Å². The lowest BCUT2D eigenvalue weighted by Gasteiger charge is -2.21. The molecule has 27 heavy (non-hydrogen) atoms. The van der Waals surface area contributed by atoms with Gasteiger partial charge in [0.05, 0.1) is 23.2 Å². The Kier molecular flexibility index (Phi) is 4.93. The van der Waals surface area contributed by atoms with Gasteiger partial charge in [0.1, 0.15) is 5.69 Å². The number of aromatic nitrogens is 2. The highest BCUT2D eigenvalue weighted by atomic mass is 16.5. The molecule has 1 fully saturated rings. The fourth-order valence-electron chi connectivity index (χ4n) is 4.17. The Morgan fingerprint density at radius 3 is 2.70 bits per heavy atom. The molecule has 0 atom stereocenters. The molecule has 1 aliphatic rings. The molecule has 0 saturated carbocycles. The first-order valence-electron chi connectivity index (χ1n) is 9.65. The van der Waals surface area contributed by atoms with Crippen LogP contribution in [0, 0.1) is 0 Å². The van der Waals surface area contributed by atoms with E-state index in [1.165, 1.54) is 10.9 Å². The SMILES string of the molecule is COCCn1c(C(=O)N2CCCN(C)CC2)cc2c1c1ccccc1n2C. The normalized spacial score (nSPS) is 16.3. The zero-order valence-electron chi connectivity index (χ0n) is 16.4. The van der Waals surface area contributed by atoms with Crippen molar-refractivity contribution in [3.63, 3.8) is 0 Å². The van der Waals surface area contributed by atoms with Crippen molar-refractivity contribution in [2.45, 2.75) is 13.0 Å². The van der Waals surface area contributed by atoms with Crippen molar-refractivity contribution in [1.29, 1.82) is 0 Å². The Hall–Kier alpha value is -2.31. The lowest BCUT2D eigenvalue weighted by atomic mass is 10.2. The van der Waals surface area contributed by atoms with E-state index in [0.717, 1.165) is 49.3 Å².